The molecule has 0 amide bonds. The number of pyridine rings is 1. The molecule has 0 aromatic carbocycles. The molecule has 66 valence electrons. The Morgan fingerprint density at radius 1 is 1.38 bits per heavy atom. The van der Waals surface area contributed by atoms with E-state index in [4.69, 9.17) is 10.3 Å². The average molecular weight is 240 g/mol. The normalized spacial score (nSPS) is 10.2. The summed E-state index contributed by atoms with van der Waals surface area (Å²) in [4.78, 5) is 3.93. The second kappa shape index (κ2) is 3.18. The molecule has 2 aromatic rings. The van der Waals surface area contributed by atoms with E-state index in [0.717, 1.165) is 10.0 Å². The first-order valence-corrected chi connectivity index (χ1v) is 4.38. The van der Waals surface area contributed by atoms with Crippen molar-refractivity contribution in [2.45, 2.75) is 0 Å². The second-order valence-corrected chi connectivity index (χ2v) is 3.32. The number of rotatable bonds is 1. The lowest BCUT2D eigenvalue weighted by molar-refractivity contribution is 0.432. The minimum Gasteiger partial charge on any atom is -0.394 e. The van der Waals surface area contributed by atoms with Crippen molar-refractivity contribution in [1.29, 1.82) is 0 Å². The molecule has 0 saturated heterocycles. The van der Waals surface area contributed by atoms with Gasteiger partial charge in [0, 0.05) is 22.4 Å². The summed E-state index contributed by atoms with van der Waals surface area (Å²) >= 11 is 3.35. The Morgan fingerprint density at radius 2 is 2.23 bits per heavy atom. The van der Waals surface area contributed by atoms with Crippen molar-refractivity contribution in [2.75, 3.05) is 5.73 Å². The highest BCUT2D eigenvalue weighted by Gasteiger charge is 2.10. The molecule has 0 radical (unpaired) electrons. The van der Waals surface area contributed by atoms with Gasteiger partial charge in [0.25, 0.3) is 0 Å². The zero-order valence-electron chi connectivity index (χ0n) is 6.57. The van der Waals surface area contributed by atoms with Gasteiger partial charge in [0.1, 0.15) is 5.69 Å². The van der Waals surface area contributed by atoms with E-state index in [0.29, 0.717) is 11.4 Å². The van der Waals surface area contributed by atoms with Crippen molar-refractivity contribution >= 4 is 21.6 Å². The fourth-order valence-electron chi connectivity index (χ4n) is 1.01. The topological polar surface area (TPSA) is 64.9 Å². The quantitative estimate of drug-likeness (QED) is 0.828. The molecule has 0 spiro atoms. The summed E-state index contributed by atoms with van der Waals surface area (Å²) in [7, 11) is 0. The summed E-state index contributed by atoms with van der Waals surface area (Å²) in [5.41, 5.74) is 7.02. The SMILES string of the molecule is Nc1cnoc1-c1ccncc1Br. The number of aromatic nitrogens is 2. The monoisotopic (exact) mass is 239 g/mol. The van der Waals surface area contributed by atoms with E-state index in [1.54, 1.807) is 18.5 Å². The molecule has 2 rings (SSSR count). The maximum Gasteiger partial charge on any atom is 0.190 e. The lowest BCUT2D eigenvalue weighted by Crippen LogP contribution is -1.86. The van der Waals surface area contributed by atoms with Crippen molar-refractivity contribution in [3.05, 3.63) is 29.1 Å². The zero-order valence-corrected chi connectivity index (χ0v) is 8.15. The standard InChI is InChI=1S/C8H6BrN3O/c9-6-3-11-2-1-5(6)8-7(10)4-12-13-8/h1-4H,10H2. The number of nitrogens with zero attached hydrogens (tertiary/aromatic N) is 2. The van der Waals surface area contributed by atoms with E-state index >= 15 is 0 Å². The van der Waals surface area contributed by atoms with Crippen molar-refractivity contribution in [3.63, 3.8) is 0 Å². The van der Waals surface area contributed by atoms with Gasteiger partial charge in [0.05, 0.1) is 6.20 Å². The number of hydrogen-bond acceptors (Lipinski definition) is 4. The van der Waals surface area contributed by atoms with Crippen LogP contribution in [0.5, 0.6) is 0 Å². The number of nitrogens with two attached hydrogens (primary N) is 1. The molecule has 0 bridgehead atoms. The average Bonchev–Trinajstić information content (AvgIpc) is 2.52. The van der Waals surface area contributed by atoms with Gasteiger partial charge >= 0.3 is 0 Å². The smallest absolute Gasteiger partial charge is 0.190 e. The number of hydrogen-bond donors (Lipinski definition) is 1. The van der Waals surface area contributed by atoms with Crippen molar-refractivity contribution in [1.82, 2.24) is 10.1 Å². The molecule has 2 aromatic heterocycles. The van der Waals surface area contributed by atoms with Crippen LogP contribution in [-0.2, 0) is 0 Å². The highest BCUT2D eigenvalue weighted by atomic mass is 79.9. The molecule has 4 nitrogen and oxygen atoms in total. The van der Waals surface area contributed by atoms with Gasteiger partial charge in [-0.15, -0.1) is 0 Å². The fraction of sp³-hybridized carbons (Fsp3) is 0. The second-order valence-electron chi connectivity index (χ2n) is 2.47. The zero-order chi connectivity index (χ0) is 9.26. The molecule has 2 heterocycles. The highest BCUT2D eigenvalue weighted by Crippen LogP contribution is 2.30. The molecule has 0 unspecified atom stereocenters. The van der Waals surface area contributed by atoms with Crippen LogP contribution in [0.3, 0.4) is 0 Å². The maximum absolute atomic E-state index is 5.64. The van der Waals surface area contributed by atoms with Crippen molar-refractivity contribution in [2.24, 2.45) is 0 Å². The lowest BCUT2D eigenvalue weighted by atomic mass is 10.2. The van der Waals surface area contributed by atoms with Crippen LogP contribution in [0.2, 0.25) is 0 Å². The molecule has 0 fully saturated rings. The summed E-state index contributed by atoms with van der Waals surface area (Å²) < 4.78 is 5.83. The van der Waals surface area contributed by atoms with Crippen LogP contribution in [0.25, 0.3) is 11.3 Å². The minimum absolute atomic E-state index is 0.520. The van der Waals surface area contributed by atoms with Gasteiger partial charge in [0.15, 0.2) is 5.76 Å². The van der Waals surface area contributed by atoms with Crippen molar-refractivity contribution < 1.29 is 4.52 Å². The summed E-state index contributed by atoms with van der Waals surface area (Å²) in [5.74, 6) is 0.564. The first kappa shape index (κ1) is 8.25. The summed E-state index contributed by atoms with van der Waals surface area (Å²) in [5, 5.41) is 3.60. The molecule has 0 aliphatic carbocycles. The van der Waals surface area contributed by atoms with E-state index in [2.05, 4.69) is 26.1 Å². The largest absolute Gasteiger partial charge is 0.394 e. The highest BCUT2D eigenvalue weighted by molar-refractivity contribution is 9.10. The Morgan fingerprint density at radius 3 is 2.85 bits per heavy atom. The van der Waals surface area contributed by atoms with E-state index in [1.165, 1.54) is 6.20 Å². The molecular weight excluding hydrogens is 234 g/mol. The summed E-state index contributed by atoms with van der Waals surface area (Å²) in [6.45, 7) is 0. The van der Waals surface area contributed by atoms with Crippen LogP contribution in [0.1, 0.15) is 0 Å². The minimum atomic E-state index is 0.520. The van der Waals surface area contributed by atoms with Gasteiger partial charge in [-0.1, -0.05) is 5.16 Å². The predicted molar refractivity (Wildman–Crippen MR) is 51.8 cm³/mol. The molecule has 13 heavy (non-hydrogen) atoms. The number of halogens is 1. The van der Waals surface area contributed by atoms with E-state index in [1.807, 2.05) is 0 Å². The Kier molecular flexibility index (Phi) is 2.02. The molecule has 0 saturated carbocycles. The molecule has 0 atom stereocenters. The van der Waals surface area contributed by atoms with E-state index < -0.39 is 0 Å². The third-order valence-electron chi connectivity index (χ3n) is 1.62. The Bertz CT molecular complexity index is 427. The summed E-state index contributed by atoms with van der Waals surface area (Å²) in [6, 6.07) is 1.81. The van der Waals surface area contributed by atoms with Gasteiger partial charge in [-0.25, -0.2) is 0 Å². The van der Waals surface area contributed by atoms with E-state index in [9.17, 15) is 0 Å². The summed E-state index contributed by atoms with van der Waals surface area (Å²) in [6.07, 6.45) is 4.82. The van der Waals surface area contributed by atoms with Crippen LogP contribution in [0.4, 0.5) is 5.69 Å². The first-order chi connectivity index (χ1) is 6.29. The van der Waals surface area contributed by atoms with Crippen LogP contribution >= 0.6 is 15.9 Å². The van der Waals surface area contributed by atoms with Gasteiger partial charge in [-0.05, 0) is 22.0 Å². The first-order valence-electron chi connectivity index (χ1n) is 3.59. The van der Waals surface area contributed by atoms with Crippen LogP contribution < -0.4 is 5.73 Å². The predicted octanol–water partition coefficient (Wildman–Crippen LogP) is 2.08. The molecule has 2 N–H and O–H groups in total. The Balaban J connectivity index is 2.59. The number of anilines is 1. The van der Waals surface area contributed by atoms with Crippen molar-refractivity contribution in [3.8, 4) is 11.3 Å². The fourth-order valence-corrected chi connectivity index (χ4v) is 1.44. The Labute approximate surface area is 82.9 Å². The lowest BCUT2D eigenvalue weighted by Gasteiger charge is -1.98. The molecule has 5 heteroatoms. The van der Waals surface area contributed by atoms with Crippen LogP contribution in [0, 0.1) is 0 Å². The molecular formula is C8H6BrN3O. The molecule has 0 aliphatic rings. The maximum atomic E-state index is 5.64. The van der Waals surface area contributed by atoms with Crippen LogP contribution in [0.15, 0.2) is 33.7 Å². The Hall–Kier alpha value is -1.36. The molecule has 0 aliphatic heterocycles. The third-order valence-corrected chi connectivity index (χ3v) is 2.25. The van der Waals surface area contributed by atoms with E-state index in [-0.39, 0.29) is 0 Å². The van der Waals surface area contributed by atoms with Gasteiger partial charge in [0.2, 0.25) is 0 Å². The van der Waals surface area contributed by atoms with Crippen LogP contribution in [-0.4, -0.2) is 10.1 Å². The van der Waals surface area contributed by atoms with Gasteiger partial charge in [-0.3, -0.25) is 4.98 Å². The van der Waals surface area contributed by atoms with Gasteiger partial charge in [-0.2, -0.15) is 0 Å². The third kappa shape index (κ3) is 1.42. The van der Waals surface area contributed by atoms with Gasteiger partial charge < -0.3 is 10.3 Å². The number of nitrogen functional groups attached to an aromatic ring is 1.